The number of carboxylic acids is 3. The monoisotopic (exact) mass is 403 g/mol. The van der Waals surface area contributed by atoms with Crippen LogP contribution in [0.4, 0.5) is 0 Å². The first kappa shape index (κ1) is 28.6. The van der Waals surface area contributed by atoms with Crippen molar-refractivity contribution in [2.45, 2.75) is 97.3 Å². The van der Waals surface area contributed by atoms with Gasteiger partial charge < -0.3 is 20.2 Å². The molecule has 0 heterocycles. The molecule has 0 radical (unpaired) electrons. The quantitative estimate of drug-likeness (QED) is 0.286. The van der Waals surface area contributed by atoms with Crippen molar-refractivity contribution < 1.29 is 29.7 Å². The molecule has 0 saturated carbocycles. The van der Waals surface area contributed by atoms with Crippen molar-refractivity contribution in [3.63, 3.8) is 0 Å². The van der Waals surface area contributed by atoms with E-state index in [0.29, 0.717) is 13.1 Å². The van der Waals surface area contributed by atoms with E-state index < -0.39 is 17.9 Å². The lowest BCUT2D eigenvalue weighted by Crippen LogP contribution is -2.30. The van der Waals surface area contributed by atoms with Crippen LogP contribution in [0.15, 0.2) is 0 Å². The average Bonchev–Trinajstić information content (AvgIpc) is 2.64. The number of hydrogen-bond acceptors (Lipinski definition) is 4. The Morgan fingerprint density at radius 3 is 1.25 bits per heavy atom. The first-order valence-corrected chi connectivity index (χ1v) is 10.7. The molecule has 0 aliphatic carbocycles. The standard InChI is InChI=1S/C18H35NO4.C3H6O2/c1-2-3-4-5-6-7-8-9-10-11-14-19(15-12-17(20)21)16-13-18(22)23;1-2-3(4)5/h2-16H2,1H3,(H,20,21)(H,22,23);2H2,1H3,(H,4,5). The Hall–Kier alpha value is -1.63. The average molecular weight is 404 g/mol. The van der Waals surface area contributed by atoms with Gasteiger partial charge >= 0.3 is 17.9 Å². The lowest BCUT2D eigenvalue weighted by Gasteiger charge is -2.20. The summed E-state index contributed by atoms with van der Waals surface area (Å²) in [4.78, 5) is 32.6. The summed E-state index contributed by atoms with van der Waals surface area (Å²) in [5.74, 6) is -2.40. The topological polar surface area (TPSA) is 115 Å². The second kappa shape index (κ2) is 21.7. The molecule has 0 aliphatic rings. The van der Waals surface area contributed by atoms with Crippen molar-refractivity contribution in [3.8, 4) is 0 Å². The summed E-state index contributed by atoms with van der Waals surface area (Å²) < 4.78 is 0. The number of aliphatic carboxylic acids is 3. The molecule has 0 aliphatic heterocycles. The van der Waals surface area contributed by atoms with Gasteiger partial charge in [-0.2, -0.15) is 0 Å². The molecule has 0 aromatic rings. The molecule has 0 aromatic carbocycles. The second-order valence-electron chi connectivity index (χ2n) is 7.06. The van der Waals surface area contributed by atoms with Gasteiger partial charge in [-0.25, -0.2) is 0 Å². The Labute approximate surface area is 170 Å². The Morgan fingerprint density at radius 1 is 0.571 bits per heavy atom. The molecule has 0 amide bonds. The van der Waals surface area contributed by atoms with Crippen LogP contribution >= 0.6 is 0 Å². The Morgan fingerprint density at radius 2 is 0.929 bits per heavy atom. The first-order valence-electron chi connectivity index (χ1n) is 10.7. The van der Waals surface area contributed by atoms with Crippen molar-refractivity contribution in [2.24, 2.45) is 0 Å². The fourth-order valence-electron chi connectivity index (χ4n) is 2.67. The zero-order chi connectivity index (χ0) is 21.6. The van der Waals surface area contributed by atoms with Gasteiger partial charge in [-0.1, -0.05) is 71.6 Å². The minimum Gasteiger partial charge on any atom is -0.481 e. The molecule has 28 heavy (non-hydrogen) atoms. The third-order valence-corrected chi connectivity index (χ3v) is 4.41. The summed E-state index contributed by atoms with van der Waals surface area (Å²) in [6.07, 6.45) is 13.0. The summed E-state index contributed by atoms with van der Waals surface area (Å²) in [6, 6.07) is 0. The maximum Gasteiger partial charge on any atom is 0.304 e. The van der Waals surface area contributed by atoms with Crippen molar-refractivity contribution >= 4 is 17.9 Å². The van der Waals surface area contributed by atoms with E-state index >= 15 is 0 Å². The highest BCUT2D eigenvalue weighted by molar-refractivity contribution is 5.67. The highest BCUT2D eigenvalue weighted by Gasteiger charge is 2.09. The van der Waals surface area contributed by atoms with Crippen molar-refractivity contribution in [1.29, 1.82) is 0 Å². The first-order chi connectivity index (χ1) is 13.3. The van der Waals surface area contributed by atoms with Crippen LogP contribution in [-0.4, -0.2) is 57.8 Å². The van der Waals surface area contributed by atoms with Crippen LogP contribution in [0, 0.1) is 0 Å². The number of carboxylic acid groups (broad SMARTS) is 3. The highest BCUT2D eigenvalue weighted by atomic mass is 16.4. The normalized spacial score (nSPS) is 10.4. The van der Waals surface area contributed by atoms with Crippen LogP contribution in [0.2, 0.25) is 0 Å². The lowest BCUT2D eigenvalue weighted by molar-refractivity contribution is -0.138. The maximum absolute atomic E-state index is 10.6. The van der Waals surface area contributed by atoms with E-state index in [0.717, 1.165) is 19.4 Å². The van der Waals surface area contributed by atoms with E-state index in [9.17, 15) is 14.4 Å². The second-order valence-corrected chi connectivity index (χ2v) is 7.06. The van der Waals surface area contributed by atoms with E-state index in [4.69, 9.17) is 15.3 Å². The largest absolute Gasteiger partial charge is 0.481 e. The van der Waals surface area contributed by atoms with Gasteiger partial charge in [-0.15, -0.1) is 0 Å². The Balaban J connectivity index is 0. The zero-order valence-electron chi connectivity index (χ0n) is 17.8. The predicted molar refractivity (Wildman–Crippen MR) is 111 cm³/mol. The molecule has 7 heteroatoms. The van der Waals surface area contributed by atoms with Crippen LogP contribution in [0.5, 0.6) is 0 Å². The summed E-state index contributed by atoms with van der Waals surface area (Å²) in [5, 5.41) is 25.2. The van der Waals surface area contributed by atoms with Gasteiger partial charge in [0.2, 0.25) is 0 Å². The smallest absolute Gasteiger partial charge is 0.304 e. The molecule has 0 spiro atoms. The lowest BCUT2D eigenvalue weighted by atomic mass is 10.1. The Kier molecular flexibility index (Phi) is 22.1. The van der Waals surface area contributed by atoms with Crippen molar-refractivity contribution in [3.05, 3.63) is 0 Å². The van der Waals surface area contributed by atoms with E-state index in [-0.39, 0.29) is 19.3 Å². The predicted octanol–water partition coefficient (Wildman–Crippen LogP) is 4.64. The van der Waals surface area contributed by atoms with Gasteiger partial charge in [0.25, 0.3) is 0 Å². The van der Waals surface area contributed by atoms with Gasteiger partial charge in [0.1, 0.15) is 0 Å². The third kappa shape index (κ3) is 26.6. The van der Waals surface area contributed by atoms with Gasteiger partial charge in [0.05, 0.1) is 12.8 Å². The molecular weight excluding hydrogens is 362 g/mol. The summed E-state index contributed by atoms with van der Waals surface area (Å²) >= 11 is 0. The summed E-state index contributed by atoms with van der Waals surface area (Å²) in [7, 11) is 0. The fraction of sp³-hybridized carbons (Fsp3) is 0.857. The molecular formula is C21H41NO6. The number of hydrogen-bond donors (Lipinski definition) is 3. The number of nitrogens with zero attached hydrogens (tertiary/aromatic N) is 1. The number of rotatable bonds is 18. The Bertz CT molecular complexity index is 382. The van der Waals surface area contributed by atoms with Gasteiger partial charge in [-0.05, 0) is 13.0 Å². The molecule has 0 fully saturated rings. The molecule has 166 valence electrons. The molecule has 3 N–H and O–H groups in total. The molecule has 0 rings (SSSR count). The summed E-state index contributed by atoms with van der Waals surface area (Å²) in [5.41, 5.74) is 0. The highest BCUT2D eigenvalue weighted by Crippen LogP contribution is 2.11. The van der Waals surface area contributed by atoms with Crippen molar-refractivity contribution in [2.75, 3.05) is 19.6 Å². The van der Waals surface area contributed by atoms with Crippen LogP contribution < -0.4 is 0 Å². The molecule has 7 nitrogen and oxygen atoms in total. The molecule has 0 unspecified atom stereocenters. The van der Waals surface area contributed by atoms with Crippen LogP contribution in [-0.2, 0) is 14.4 Å². The van der Waals surface area contributed by atoms with Crippen molar-refractivity contribution in [1.82, 2.24) is 4.90 Å². The minimum atomic E-state index is -0.826. The van der Waals surface area contributed by atoms with Gasteiger partial charge in [-0.3, -0.25) is 14.4 Å². The van der Waals surface area contributed by atoms with Crippen LogP contribution in [0.3, 0.4) is 0 Å². The van der Waals surface area contributed by atoms with Gasteiger partial charge in [0, 0.05) is 19.5 Å². The van der Waals surface area contributed by atoms with E-state index in [1.807, 2.05) is 4.90 Å². The molecule has 0 aromatic heterocycles. The molecule has 0 bridgehead atoms. The molecule has 0 saturated heterocycles. The zero-order valence-corrected chi connectivity index (χ0v) is 17.8. The fourth-order valence-corrected chi connectivity index (χ4v) is 2.67. The number of unbranched alkanes of at least 4 members (excludes halogenated alkanes) is 9. The third-order valence-electron chi connectivity index (χ3n) is 4.41. The minimum absolute atomic E-state index is 0.0807. The number of carbonyl (C=O) groups is 3. The van der Waals surface area contributed by atoms with Crippen LogP contribution in [0.25, 0.3) is 0 Å². The molecule has 0 atom stereocenters. The maximum atomic E-state index is 10.6. The summed E-state index contributed by atoms with van der Waals surface area (Å²) in [6.45, 7) is 5.52. The van der Waals surface area contributed by atoms with E-state index in [1.54, 1.807) is 6.92 Å². The van der Waals surface area contributed by atoms with E-state index in [2.05, 4.69) is 6.92 Å². The van der Waals surface area contributed by atoms with Gasteiger partial charge in [0.15, 0.2) is 0 Å². The van der Waals surface area contributed by atoms with Crippen LogP contribution in [0.1, 0.15) is 97.3 Å². The SMILES string of the molecule is CCC(=O)O.CCCCCCCCCCCCN(CCC(=O)O)CCC(=O)O. The van der Waals surface area contributed by atoms with E-state index in [1.165, 1.54) is 51.4 Å².